The number of carbonyl (C=O) groups is 6. The third-order valence-corrected chi connectivity index (χ3v) is 11.2. The summed E-state index contributed by atoms with van der Waals surface area (Å²) in [5.41, 5.74) is 0. The largest absolute Gasteiger partial charge is 0.480 e. The summed E-state index contributed by atoms with van der Waals surface area (Å²) < 4.78 is 4.97. The summed E-state index contributed by atoms with van der Waals surface area (Å²) in [7, 11) is 0. The number of hydrogen-bond acceptors (Lipinski definition) is 9. The average molecular weight is 629 g/mol. The molecule has 12 nitrogen and oxygen atoms in total. The van der Waals surface area contributed by atoms with Crippen LogP contribution >= 0.6 is 23.5 Å². The molecule has 0 radical (unpaired) electrons. The van der Waals surface area contributed by atoms with E-state index < -0.39 is 54.3 Å². The molecule has 0 aromatic rings. The average Bonchev–Trinajstić information content (AvgIpc) is 3.59. The number of rotatable bonds is 13. The SMILES string of the molecule is CCCC(NC(=O)C1CC2(CN1C(=O)C(NC(=O)OCC(C)C)C1CCCCC1)SCCS2)C(=O)C(=O)NCC(=O)O. The van der Waals surface area contributed by atoms with Crippen LogP contribution in [-0.2, 0) is 28.7 Å². The van der Waals surface area contributed by atoms with Gasteiger partial charge in [0.1, 0.15) is 18.6 Å². The second-order valence-corrected chi connectivity index (χ2v) is 14.8. The van der Waals surface area contributed by atoms with Gasteiger partial charge in [-0.15, -0.1) is 23.5 Å². The minimum Gasteiger partial charge on any atom is -0.480 e. The van der Waals surface area contributed by atoms with Crippen molar-refractivity contribution in [3.8, 4) is 0 Å². The number of hydrogen-bond donors (Lipinski definition) is 4. The zero-order chi connectivity index (χ0) is 30.9. The first-order chi connectivity index (χ1) is 20.0. The number of thioether (sulfide) groups is 2. The van der Waals surface area contributed by atoms with E-state index in [4.69, 9.17) is 9.84 Å². The normalized spacial score (nSPS) is 21.5. The van der Waals surface area contributed by atoms with E-state index in [0.29, 0.717) is 19.4 Å². The van der Waals surface area contributed by atoms with Gasteiger partial charge in [-0.1, -0.05) is 46.5 Å². The van der Waals surface area contributed by atoms with Gasteiger partial charge in [-0.2, -0.15) is 0 Å². The van der Waals surface area contributed by atoms with E-state index in [-0.39, 0.29) is 34.8 Å². The monoisotopic (exact) mass is 628 g/mol. The molecule has 4 amide bonds. The number of likely N-dealkylation sites (tertiary alicyclic amines) is 1. The van der Waals surface area contributed by atoms with Gasteiger partial charge in [-0.25, -0.2) is 4.79 Å². The van der Waals surface area contributed by atoms with Crippen molar-refractivity contribution in [3.63, 3.8) is 0 Å². The van der Waals surface area contributed by atoms with Gasteiger partial charge in [-0.3, -0.25) is 24.0 Å². The van der Waals surface area contributed by atoms with Crippen molar-refractivity contribution in [2.45, 2.75) is 94.3 Å². The standard InChI is InChI=1S/C28H44N4O8S2/c1-4-8-19(23(35)25(37)29-14-21(33)34)30-24(36)20-13-28(41-11-12-42-28)16-32(20)26(38)22(18-9-6-5-7-10-18)31-27(39)40-15-17(2)3/h17-20,22H,4-16H2,1-3H3,(H,29,37)(H,30,36)(H,31,39)(H,33,34). The van der Waals surface area contributed by atoms with Crippen LogP contribution < -0.4 is 16.0 Å². The summed E-state index contributed by atoms with van der Waals surface area (Å²) >= 11 is 3.41. The highest BCUT2D eigenvalue weighted by atomic mass is 32.2. The number of nitrogens with zero attached hydrogens (tertiary/aromatic N) is 1. The van der Waals surface area contributed by atoms with Crippen molar-refractivity contribution < 1.29 is 38.6 Å². The number of ketones is 1. The van der Waals surface area contributed by atoms with E-state index >= 15 is 0 Å². The fourth-order valence-corrected chi connectivity index (χ4v) is 8.93. The first kappa shape index (κ1) is 34.0. The van der Waals surface area contributed by atoms with Crippen LogP contribution in [-0.4, -0.2) is 99.0 Å². The number of carboxylic acids is 1. The molecule has 2 aliphatic heterocycles. The molecule has 2 saturated heterocycles. The predicted molar refractivity (Wildman–Crippen MR) is 160 cm³/mol. The third-order valence-electron chi connectivity index (χ3n) is 7.73. The highest BCUT2D eigenvalue weighted by Gasteiger charge is 2.53. The number of nitrogens with one attached hydrogen (secondary N) is 3. The number of alkyl carbamates (subject to hydrolysis) is 1. The Balaban J connectivity index is 1.83. The molecule has 1 spiro atoms. The molecule has 0 bridgehead atoms. The van der Waals surface area contributed by atoms with Crippen molar-refractivity contribution >= 4 is 59.1 Å². The highest BCUT2D eigenvalue weighted by molar-refractivity contribution is 8.21. The van der Waals surface area contributed by atoms with Gasteiger partial charge < -0.3 is 30.7 Å². The minimum atomic E-state index is -1.29. The molecule has 3 atom stereocenters. The van der Waals surface area contributed by atoms with Gasteiger partial charge in [0, 0.05) is 24.5 Å². The third kappa shape index (κ3) is 9.26. The maximum atomic E-state index is 14.2. The van der Waals surface area contributed by atoms with Crippen LogP contribution in [0.1, 0.15) is 72.1 Å². The van der Waals surface area contributed by atoms with Crippen LogP contribution in [0.5, 0.6) is 0 Å². The summed E-state index contributed by atoms with van der Waals surface area (Å²) in [6.07, 6.45) is 4.88. The predicted octanol–water partition coefficient (Wildman–Crippen LogP) is 2.15. The van der Waals surface area contributed by atoms with E-state index in [9.17, 15) is 28.8 Å². The lowest BCUT2D eigenvalue weighted by Gasteiger charge is -2.34. The lowest BCUT2D eigenvalue weighted by Crippen LogP contribution is -2.58. The zero-order valence-electron chi connectivity index (χ0n) is 24.6. The minimum absolute atomic E-state index is 0.0886. The maximum Gasteiger partial charge on any atom is 0.407 e. The molecule has 1 saturated carbocycles. The number of carbonyl (C=O) groups excluding carboxylic acids is 5. The molecule has 42 heavy (non-hydrogen) atoms. The summed E-state index contributed by atoms with van der Waals surface area (Å²) in [5, 5.41) is 16.4. The molecule has 2 heterocycles. The Hall–Kier alpha value is -2.48. The van der Waals surface area contributed by atoms with E-state index in [1.54, 1.807) is 35.3 Å². The van der Waals surface area contributed by atoms with E-state index in [1.165, 1.54) is 0 Å². The Bertz CT molecular complexity index is 1010. The molecular formula is C28H44N4O8S2. The molecule has 236 valence electrons. The van der Waals surface area contributed by atoms with Gasteiger partial charge >= 0.3 is 12.1 Å². The molecule has 3 aliphatic rings. The molecule has 3 rings (SSSR count). The number of carboxylic acid groups (broad SMARTS) is 1. The molecular weight excluding hydrogens is 584 g/mol. The van der Waals surface area contributed by atoms with E-state index in [0.717, 1.165) is 43.6 Å². The van der Waals surface area contributed by atoms with Crippen LogP contribution in [0, 0.1) is 11.8 Å². The van der Waals surface area contributed by atoms with Crippen LogP contribution in [0.2, 0.25) is 0 Å². The van der Waals surface area contributed by atoms with Gasteiger partial charge in [0.15, 0.2) is 0 Å². The summed E-state index contributed by atoms with van der Waals surface area (Å²) in [6, 6.07) is -2.90. The van der Waals surface area contributed by atoms with Gasteiger partial charge in [0.05, 0.1) is 16.7 Å². The molecule has 3 unspecified atom stereocenters. The van der Waals surface area contributed by atoms with Crippen LogP contribution in [0.25, 0.3) is 0 Å². The fraction of sp³-hybridized carbons (Fsp3) is 0.786. The first-order valence-corrected chi connectivity index (χ1v) is 16.8. The molecule has 0 aromatic heterocycles. The quantitative estimate of drug-likeness (QED) is 0.222. The Labute approximate surface area is 255 Å². The van der Waals surface area contributed by atoms with Crippen molar-refractivity contribution in [1.29, 1.82) is 0 Å². The van der Waals surface area contributed by atoms with Crippen molar-refractivity contribution in [2.75, 3.05) is 31.2 Å². The smallest absolute Gasteiger partial charge is 0.407 e. The summed E-state index contributed by atoms with van der Waals surface area (Å²) in [4.78, 5) is 78.3. The lowest BCUT2D eigenvalue weighted by molar-refractivity contribution is -0.144. The second kappa shape index (κ2) is 15.8. The van der Waals surface area contributed by atoms with Crippen molar-refractivity contribution in [1.82, 2.24) is 20.9 Å². The fourth-order valence-electron chi connectivity index (χ4n) is 5.68. The van der Waals surface area contributed by atoms with Crippen LogP contribution in [0.4, 0.5) is 4.79 Å². The van der Waals surface area contributed by atoms with Crippen LogP contribution in [0.15, 0.2) is 0 Å². The van der Waals surface area contributed by atoms with Crippen LogP contribution in [0.3, 0.4) is 0 Å². The first-order valence-electron chi connectivity index (χ1n) is 14.8. The molecule has 0 aromatic carbocycles. The second-order valence-electron chi connectivity index (χ2n) is 11.6. The molecule has 1 aliphatic carbocycles. The number of amides is 4. The molecule has 14 heteroatoms. The van der Waals surface area contributed by atoms with E-state index in [2.05, 4.69) is 16.0 Å². The summed E-state index contributed by atoms with van der Waals surface area (Å²) in [5.74, 6) is -2.39. The lowest BCUT2D eigenvalue weighted by atomic mass is 9.83. The maximum absolute atomic E-state index is 14.2. The number of ether oxygens (including phenoxy) is 1. The summed E-state index contributed by atoms with van der Waals surface area (Å²) in [6.45, 7) is 5.47. The zero-order valence-corrected chi connectivity index (χ0v) is 26.3. The molecule has 3 fully saturated rings. The Morgan fingerprint density at radius 2 is 1.69 bits per heavy atom. The Morgan fingerprint density at radius 1 is 1.02 bits per heavy atom. The van der Waals surface area contributed by atoms with Gasteiger partial charge in [0.2, 0.25) is 17.6 Å². The molecule has 4 N–H and O–H groups in total. The number of Topliss-reactive ketones (excluding diaryl/α,β-unsaturated/α-hetero) is 1. The number of aliphatic carboxylic acids is 1. The van der Waals surface area contributed by atoms with Crippen molar-refractivity contribution in [3.05, 3.63) is 0 Å². The van der Waals surface area contributed by atoms with Gasteiger partial charge in [0.25, 0.3) is 5.91 Å². The van der Waals surface area contributed by atoms with E-state index in [1.807, 2.05) is 13.8 Å². The topological polar surface area (TPSA) is 171 Å². The van der Waals surface area contributed by atoms with Gasteiger partial charge in [-0.05, 0) is 31.1 Å². The Morgan fingerprint density at radius 3 is 2.29 bits per heavy atom. The highest BCUT2D eigenvalue weighted by Crippen LogP contribution is 2.52. The van der Waals surface area contributed by atoms with Crippen molar-refractivity contribution in [2.24, 2.45) is 11.8 Å². The Kier molecular flexibility index (Phi) is 12.8.